The summed E-state index contributed by atoms with van der Waals surface area (Å²) in [7, 11) is 0. The third kappa shape index (κ3) is 2.49. The summed E-state index contributed by atoms with van der Waals surface area (Å²) in [6.07, 6.45) is 5.53. The summed E-state index contributed by atoms with van der Waals surface area (Å²) in [4.78, 5) is 2.65. The van der Waals surface area contributed by atoms with E-state index in [4.69, 9.17) is 4.74 Å². The Balaban J connectivity index is 1.26. The average molecular weight is 258 g/mol. The zero-order valence-electron chi connectivity index (χ0n) is 11.3. The van der Waals surface area contributed by atoms with Crippen molar-refractivity contribution in [2.24, 2.45) is 0 Å². The molecule has 1 N–H and O–H groups in total. The molecule has 0 radical (unpaired) electrons. The second-order valence-corrected chi connectivity index (χ2v) is 6.17. The highest BCUT2D eigenvalue weighted by atomic mass is 16.5. The van der Waals surface area contributed by atoms with Crippen molar-refractivity contribution in [3.8, 4) is 5.75 Å². The van der Waals surface area contributed by atoms with Gasteiger partial charge in [0.05, 0.1) is 0 Å². The predicted molar refractivity (Wildman–Crippen MR) is 75.6 cm³/mol. The van der Waals surface area contributed by atoms with E-state index in [1.807, 2.05) is 0 Å². The standard InChI is InChI=1S/C16H22N2O/c1-2-4-16-12(3-1)9-15(19-16)10-17-13-7-8-18(11-13)14-5-6-14/h1-4,13-15,17H,5-11H2. The summed E-state index contributed by atoms with van der Waals surface area (Å²) in [5.41, 5.74) is 1.36. The molecule has 2 fully saturated rings. The molecule has 0 aromatic heterocycles. The molecule has 0 bridgehead atoms. The Hall–Kier alpha value is -1.06. The van der Waals surface area contributed by atoms with Crippen LogP contribution in [0.25, 0.3) is 0 Å². The topological polar surface area (TPSA) is 24.5 Å². The highest BCUT2D eigenvalue weighted by Crippen LogP contribution is 2.30. The van der Waals surface area contributed by atoms with Crippen LogP contribution < -0.4 is 10.1 Å². The van der Waals surface area contributed by atoms with Gasteiger partial charge in [-0.2, -0.15) is 0 Å². The number of nitrogens with zero attached hydrogens (tertiary/aromatic N) is 1. The lowest BCUT2D eigenvalue weighted by molar-refractivity contribution is 0.220. The lowest BCUT2D eigenvalue weighted by atomic mass is 10.1. The molecule has 0 amide bonds. The van der Waals surface area contributed by atoms with Crippen molar-refractivity contribution >= 4 is 0 Å². The highest BCUT2D eigenvalue weighted by Gasteiger charge is 2.34. The number of nitrogens with one attached hydrogen (secondary N) is 1. The zero-order valence-corrected chi connectivity index (χ0v) is 11.3. The summed E-state index contributed by atoms with van der Waals surface area (Å²) in [5, 5.41) is 3.70. The van der Waals surface area contributed by atoms with Crippen LogP contribution in [0, 0.1) is 0 Å². The maximum absolute atomic E-state index is 5.98. The fraction of sp³-hybridized carbons (Fsp3) is 0.625. The van der Waals surface area contributed by atoms with Crippen molar-refractivity contribution in [1.82, 2.24) is 10.2 Å². The van der Waals surface area contributed by atoms with Crippen LogP contribution in [-0.2, 0) is 6.42 Å². The zero-order chi connectivity index (χ0) is 12.7. The van der Waals surface area contributed by atoms with Gasteiger partial charge in [-0.15, -0.1) is 0 Å². The van der Waals surface area contributed by atoms with Crippen molar-refractivity contribution in [2.45, 2.75) is 43.9 Å². The molecule has 0 spiro atoms. The normalized spacial score (nSPS) is 30.3. The minimum absolute atomic E-state index is 0.326. The molecule has 1 aromatic carbocycles. The van der Waals surface area contributed by atoms with Gasteiger partial charge in [0.25, 0.3) is 0 Å². The lowest BCUT2D eigenvalue weighted by Gasteiger charge is -2.18. The van der Waals surface area contributed by atoms with Crippen molar-refractivity contribution in [1.29, 1.82) is 0 Å². The summed E-state index contributed by atoms with van der Waals surface area (Å²) < 4.78 is 5.98. The fourth-order valence-electron chi connectivity index (χ4n) is 3.39. The average Bonchev–Trinajstić information content (AvgIpc) is 3.03. The minimum Gasteiger partial charge on any atom is -0.488 e. The van der Waals surface area contributed by atoms with Crippen LogP contribution in [0.5, 0.6) is 5.75 Å². The second-order valence-electron chi connectivity index (χ2n) is 6.17. The first kappa shape index (κ1) is 11.7. The molecule has 3 nitrogen and oxygen atoms in total. The number of para-hydroxylation sites is 1. The van der Waals surface area contributed by atoms with Gasteiger partial charge in [-0.3, -0.25) is 4.90 Å². The molecule has 2 atom stereocenters. The molecule has 1 aliphatic carbocycles. The Morgan fingerprint density at radius 1 is 1.21 bits per heavy atom. The van der Waals surface area contributed by atoms with Gasteiger partial charge in [0.2, 0.25) is 0 Å². The monoisotopic (exact) mass is 258 g/mol. The van der Waals surface area contributed by atoms with E-state index in [9.17, 15) is 0 Å². The van der Waals surface area contributed by atoms with Gasteiger partial charge in [0, 0.05) is 38.1 Å². The van der Waals surface area contributed by atoms with E-state index in [0.717, 1.165) is 24.8 Å². The van der Waals surface area contributed by atoms with Crippen LogP contribution in [0.4, 0.5) is 0 Å². The number of ether oxygens (including phenoxy) is 1. The lowest BCUT2D eigenvalue weighted by Crippen LogP contribution is -2.39. The quantitative estimate of drug-likeness (QED) is 0.891. The highest BCUT2D eigenvalue weighted by molar-refractivity contribution is 5.37. The van der Waals surface area contributed by atoms with Crippen LogP contribution in [0.3, 0.4) is 0 Å². The van der Waals surface area contributed by atoms with E-state index in [1.54, 1.807) is 0 Å². The van der Waals surface area contributed by atoms with Gasteiger partial charge in [-0.25, -0.2) is 0 Å². The van der Waals surface area contributed by atoms with E-state index in [0.29, 0.717) is 12.1 Å². The Morgan fingerprint density at radius 3 is 2.95 bits per heavy atom. The number of likely N-dealkylation sites (tertiary alicyclic amines) is 1. The van der Waals surface area contributed by atoms with Crippen molar-refractivity contribution in [3.63, 3.8) is 0 Å². The van der Waals surface area contributed by atoms with Crippen LogP contribution in [0.15, 0.2) is 24.3 Å². The molecule has 2 unspecified atom stereocenters. The molecule has 2 aliphatic heterocycles. The van der Waals surface area contributed by atoms with E-state index < -0.39 is 0 Å². The number of hydrogen-bond acceptors (Lipinski definition) is 3. The van der Waals surface area contributed by atoms with Crippen LogP contribution in [-0.4, -0.2) is 42.7 Å². The minimum atomic E-state index is 0.326. The maximum atomic E-state index is 5.98. The predicted octanol–water partition coefficient (Wildman–Crippen LogP) is 1.82. The van der Waals surface area contributed by atoms with Gasteiger partial charge in [0.15, 0.2) is 0 Å². The number of rotatable bonds is 4. The smallest absolute Gasteiger partial charge is 0.123 e. The Kier molecular flexibility index (Phi) is 2.97. The Bertz CT molecular complexity index is 433. The van der Waals surface area contributed by atoms with Crippen molar-refractivity contribution < 1.29 is 4.74 Å². The van der Waals surface area contributed by atoms with Crippen LogP contribution in [0.2, 0.25) is 0 Å². The molecule has 3 heteroatoms. The third-order valence-corrected chi connectivity index (χ3v) is 4.63. The fourth-order valence-corrected chi connectivity index (χ4v) is 3.39. The number of hydrogen-bond donors (Lipinski definition) is 1. The first-order valence-corrected chi connectivity index (χ1v) is 7.60. The van der Waals surface area contributed by atoms with Crippen LogP contribution in [0.1, 0.15) is 24.8 Å². The number of benzene rings is 1. The Labute approximate surface area is 114 Å². The van der Waals surface area contributed by atoms with Gasteiger partial charge in [-0.1, -0.05) is 18.2 Å². The van der Waals surface area contributed by atoms with Gasteiger partial charge in [0.1, 0.15) is 11.9 Å². The molecule has 1 aromatic rings. The summed E-state index contributed by atoms with van der Waals surface area (Å²) in [6.45, 7) is 3.51. The summed E-state index contributed by atoms with van der Waals surface area (Å²) in [5.74, 6) is 1.08. The molecule has 3 aliphatic rings. The molecule has 1 saturated heterocycles. The first-order chi connectivity index (χ1) is 9.38. The van der Waals surface area contributed by atoms with E-state index in [-0.39, 0.29) is 0 Å². The molecular weight excluding hydrogens is 236 g/mol. The summed E-state index contributed by atoms with van der Waals surface area (Å²) in [6, 6.07) is 10.0. The number of fused-ring (bicyclic) bond motifs is 1. The summed E-state index contributed by atoms with van der Waals surface area (Å²) >= 11 is 0. The molecule has 4 rings (SSSR count). The third-order valence-electron chi connectivity index (χ3n) is 4.63. The maximum Gasteiger partial charge on any atom is 0.123 e. The van der Waals surface area contributed by atoms with Crippen molar-refractivity contribution in [2.75, 3.05) is 19.6 Å². The Morgan fingerprint density at radius 2 is 2.11 bits per heavy atom. The second kappa shape index (κ2) is 4.80. The first-order valence-electron chi connectivity index (χ1n) is 7.60. The largest absolute Gasteiger partial charge is 0.488 e. The van der Waals surface area contributed by atoms with E-state index in [1.165, 1.54) is 37.9 Å². The molecule has 2 heterocycles. The van der Waals surface area contributed by atoms with E-state index in [2.05, 4.69) is 34.5 Å². The van der Waals surface area contributed by atoms with Gasteiger partial charge < -0.3 is 10.1 Å². The van der Waals surface area contributed by atoms with Gasteiger partial charge >= 0.3 is 0 Å². The van der Waals surface area contributed by atoms with Crippen LogP contribution >= 0.6 is 0 Å². The molecule has 102 valence electrons. The SMILES string of the molecule is c1ccc2c(c1)CC(CNC1CCN(C3CC3)C1)O2. The molecule has 1 saturated carbocycles. The van der Waals surface area contributed by atoms with E-state index >= 15 is 0 Å². The van der Waals surface area contributed by atoms with Crippen molar-refractivity contribution in [3.05, 3.63) is 29.8 Å². The van der Waals surface area contributed by atoms with Gasteiger partial charge in [-0.05, 0) is 30.9 Å². The molecular formula is C16H22N2O. The molecule has 19 heavy (non-hydrogen) atoms.